The van der Waals surface area contributed by atoms with E-state index in [9.17, 15) is 4.39 Å². The van der Waals surface area contributed by atoms with E-state index in [1.54, 1.807) is 0 Å². The van der Waals surface area contributed by atoms with Crippen molar-refractivity contribution >= 4 is 0 Å². The Morgan fingerprint density at radius 3 is 1.69 bits per heavy atom. The van der Waals surface area contributed by atoms with Crippen molar-refractivity contribution in [2.24, 2.45) is 5.92 Å². The van der Waals surface area contributed by atoms with Crippen molar-refractivity contribution in [3.05, 3.63) is 0 Å². The summed E-state index contributed by atoms with van der Waals surface area (Å²) in [6, 6.07) is 0. The van der Waals surface area contributed by atoms with Crippen LogP contribution in [-0.2, 0) is 0 Å². The van der Waals surface area contributed by atoms with Crippen molar-refractivity contribution in [1.29, 1.82) is 0 Å². The van der Waals surface area contributed by atoms with Crippen LogP contribution in [0.2, 0.25) is 0 Å². The van der Waals surface area contributed by atoms with Crippen LogP contribution in [-0.4, -0.2) is 6.67 Å². The maximum absolute atomic E-state index is 12.2. The summed E-state index contributed by atoms with van der Waals surface area (Å²) in [4.78, 5) is 0. The monoisotopic (exact) mass is 186 g/mol. The second kappa shape index (κ2) is 7.34. The van der Waals surface area contributed by atoms with E-state index in [0.717, 1.165) is 6.42 Å². The first-order chi connectivity index (χ1) is 6.43. The summed E-state index contributed by atoms with van der Waals surface area (Å²) in [5, 5.41) is 0. The van der Waals surface area contributed by atoms with E-state index in [1.165, 1.54) is 57.8 Å². The fourth-order valence-electron chi connectivity index (χ4n) is 2.34. The first-order valence-electron chi connectivity index (χ1n) is 5.99. The van der Waals surface area contributed by atoms with Crippen LogP contribution in [0.5, 0.6) is 0 Å². The zero-order valence-corrected chi connectivity index (χ0v) is 8.73. The minimum absolute atomic E-state index is 0.106. The van der Waals surface area contributed by atoms with Gasteiger partial charge in [0.15, 0.2) is 0 Å². The number of hydrogen-bond acceptors (Lipinski definition) is 0. The summed E-state index contributed by atoms with van der Waals surface area (Å²) in [5.41, 5.74) is 0. The van der Waals surface area contributed by atoms with E-state index in [0.29, 0.717) is 5.92 Å². The van der Waals surface area contributed by atoms with Gasteiger partial charge in [0.2, 0.25) is 0 Å². The molecular weight excluding hydrogens is 163 g/mol. The number of hydrogen-bond donors (Lipinski definition) is 0. The van der Waals surface area contributed by atoms with Crippen molar-refractivity contribution in [2.45, 2.75) is 64.2 Å². The molecule has 0 amide bonds. The highest BCUT2D eigenvalue weighted by molar-refractivity contribution is 4.62. The third kappa shape index (κ3) is 5.28. The van der Waals surface area contributed by atoms with E-state index in [4.69, 9.17) is 0 Å². The van der Waals surface area contributed by atoms with Crippen molar-refractivity contribution < 1.29 is 4.39 Å². The van der Waals surface area contributed by atoms with Gasteiger partial charge in [-0.15, -0.1) is 0 Å². The molecule has 0 aromatic rings. The van der Waals surface area contributed by atoms with Gasteiger partial charge in [-0.3, -0.25) is 4.39 Å². The van der Waals surface area contributed by atoms with Gasteiger partial charge in [-0.05, 0) is 12.3 Å². The molecule has 13 heavy (non-hydrogen) atoms. The van der Waals surface area contributed by atoms with E-state index in [-0.39, 0.29) is 6.67 Å². The smallest absolute Gasteiger partial charge is 0.0897 e. The Kier molecular flexibility index (Phi) is 6.22. The Bertz CT molecular complexity index is 102. The standard InChI is InChI=1S/C12H23F/c13-11-10-12-8-6-4-2-1-3-5-7-9-12/h12H,1-11H2. The van der Waals surface area contributed by atoms with Gasteiger partial charge in [0, 0.05) is 0 Å². The predicted octanol–water partition coefficient (Wildman–Crippen LogP) is 4.49. The number of alkyl halides is 1. The van der Waals surface area contributed by atoms with Crippen LogP contribution in [0.3, 0.4) is 0 Å². The third-order valence-electron chi connectivity index (χ3n) is 3.24. The van der Waals surface area contributed by atoms with E-state index in [2.05, 4.69) is 0 Å². The second-order valence-electron chi connectivity index (χ2n) is 4.40. The minimum atomic E-state index is -0.106. The Morgan fingerprint density at radius 1 is 0.769 bits per heavy atom. The molecule has 0 heterocycles. The number of halogens is 1. The third-order valence-corrected chi connectivity index (χ3v) is 3.24. The van der Waals surface area contributed by atoms with Crippen LogP contribution in [0.25, 0.3) is 0 Å². The average molecular weight is 186 g/mol. The molecule has 1 heteroatoms. The second-order valence-corrected chi connectivity index (χ2v) is 4.40. The van der Waals surface area contributed by atoms with Crippen molar-refractivity contribution in [1.82, 2.24) is 0 Å². The molecule has 0 aliphatic heterocycles. The predicted molar refractivity (Wildman–Crippen MR) is 55.6 cm³/mol. The molecule has 0 aromatic carbocycles. The zero-order valence-electron chi connectivity index (χ0n) is 8.73. The van der Waals surface area contributed by atoms with E-state index < -0.39 is 0 Å². The molecule has 1 aliphatic carbocycles. The Labute approximate surface area is 81.9 Å². The Hall–Kier alpha value is -0.0700. The van der Waals surface area contributed by atoms with Crippen molar-refractivity contribution in [2.75, 3.05) is 6.67 Å². The van der Waals surface area contributed by atoms with Crippen LogP contribution >= 0.6 is 0 Å². The van der Waals surface area contributed by atoms with Crippen LogP contribution in [0, 0.1) is 5.92 Å². The number of rotatable bonds is 2. The highest BCUT2D eigenvalue weighted by Crippen LogP contribution is 2.23. The van der Waals surface area contributed by atoms with Gasteiger partial charge in [0.1, 0.15) is 0 Å². The zero-order chi connectivity index (χ0) is 9.36. The van der Waals surface area contributed by atoms with Gasteiger partial charge in [-0.1, -0.05) is 57.8 Å². The van der Waals surface area contributed by atoms with Gasteiger partial charge < -0.3 is 0 Å². The van der Waals surface area contributed by atoms with Crippen LogP contribution < -0.4 is 0 Å². The molecule has 1 aliphatic rings. The molecule has 0 bridgehead atoms. The summed E-state index contributed by atoms with van der Waals surface area (Å²) in [6.07, 6.45) is 13.0. The maximum atomic E-state index is 12.2. The summed E-state index contributed by atoms with van der Waals surface area (Å²) in [5.74, 6) is 0.697. The van der Waals surface area contributed by atoms with Crippen LogP contribution in [0.1, 0.15) is 64.2 Å². The molecule has 1 fully saturated rings. The molecule has 0 atom stereocenters. The SMILES string of the molecule is FCCC1CCCCCCCCC1. The normalized spacial score (nSPS) is 22.8. The van der Waals surface area contributed by atoms with Crippen LogP contribution in [0.4, 0.5) is 4.39 Å². The van der Waals surface area contributed by atoms with E-state index in [1.807, 2.05) is 0 Å². The topological polar surface area (TPSA) is 0 Å². The molecule has 1 saturated carbocycles. The van der Waals surface area contributed by atoms with Crippen molar-refractivity contribution in [3.63, 3.8) is 0 Å². The summed E-state index contributed by atoms with van der Waals surface area (Å²) >= 11 is 0. The minimum Gasteiger partial charge on any atom is -0.251 e. The summed E-state index contributed by atoms with van der Waals surface area (Å²) < 4.78 is 12.2. The van der Waals surface area contributed by atoms with E-state index >= 15 is 0 Å². The van der Waals surface area contributed by atoms with Gasteiger partial charge >= 0.3 is 0 Å². The largest absolute Gasteiger partial charge is 0.251 e. The highest BCUT2D eigenvalue weighted by atomic mass is 19.1. The molecule has 0 aromatic heterocycles. The Balaban J connectivity index is 2.18. The maximum Gasteiger partial charge on any atom is 0.0897 e. The lowest BCUT2D eigenvalue weighted by atomic mass is 9.90. The first kappa shape index (κ1) is 11.0. The first-order valence-corrected chi connectivity index (χ1v) is 5.99. The molecule has 0 spiro atoms. The summed E-state index contributed by atoms with van der Waals surface area (Å²) in [6.45, 7) is -0.106. The molecule has 0 radical (unpaired) electrons. The summed E-state index contributed by atoms with van der Waals surface area (Å²) in [7, 11) is 0. The molecule has 0 N–H and O–H groups in total. The van der Waals surface area contributed by atoms with Crippen molar-refractivity contribution in [3.8, 4) is 0 Å². The van der Waals surface area contributed by atoms with Gasteiger partial charge in [-0.2, -0.15) is 0 Å². The van der Waals surface area contributed by atoms with Crippen LogP contribution in [0.15, 0.2) is 0 Å². The fourth-order valence-corrected chi connectivity index (χ4v) is 2.34. The fraction of sp³-hybridized carbons (Fsp3) is 1.00. The Morgan fingerprint density at radius 2 is 1.23 bits per heavy atom. The lowest BCUT2D eigenvalue weighted by Gasteiger charge is -2.16. The van der Waals surface area contributed by atoms with Gasteiger partial charge in [0.25, 0.3) is 0 Å². The molecular formula is C12H23F. The molecule has 0 nitrogen and oxygen atoms in total. The highest BCUT2D eigenvalue weighted by Gasteiger charge is 2.09. The van der Waals surface area contributed by atoms with Gasteiger partial charge in [-0.25, -0.2) is 0 Å². The molecule has 78 valence electrons. The van der Waals surface area contributed by atoms with Gasteiger partial charge in [0.05, 0.1) is 6.67 Å². The average Bonchev–Trinajstić information content (AvgIpc) is 2.16. The lowest BCUT2D eigenvalue weighted by Crippen LogP contribution is -2.03. The molecule has 0 saturated heterocycles. The molecule has 1 rings (SSSR count). The quantitative estimate of drug-likeness (QED) is 0.596. The lowest BCUT2D eigenvalue weighted by molar-refractivity contribution is 0.327. The molecule has 0 unspecified atom stereocenters.